The molecule has 196 valence electrons. The predicted octanol–water partition coefficient (Wildman–Crippen LogP) is 4.88. The first-order valence-corrected chi connectivity index (χ1v) is 13.5. The van der Waals surface area contributed by atoms with Crippen LogP contribution in [0.25, 0.3) is 16.5 Å². The van der Waals surface area contributed by atoms with Crippen LogP contribution in [0.1, 0.15) is 43.7 Å². The summed E-state index contributed by atoms with van der Waals surface area (Å²) in [5.74, 6) is 0.438. The largest absolute Gasteiger partial charge is 0.363 e. The number of likely N-dealkylation sites (tertiary alicyclic amines) is 1. The van der Waals surface area contributed by atoms with E-state index in [2.05, 4.69) is 63.0 Å². The van der Waals surface area contributed by atoms with Crippen LogP contribution in [0, 0.1) is 0 Å². The van der Waals surface area contributed by atoms with Gasteiger partial charge >= 0.3 is 0 Å². The molecule has 1 saturated heterocycles. The van der Waals surface area contributed by atoms with Crippen LogP contribution in [0.2, 0.25) is 0 Å². The lowest BCUT2D eigenvalue weighted by Crippen LogP contribution is -2.40. The maximum absolute atomic E-state index is 13.2. The van der Waals surface area contributed by atoms with Gasteiger partial charge < -0.3 is 10.6 Å². The van der Waals surface area contributed by atoms with Crippen molar-refractivity contribution in [2.45, 2.75) is 51.7 Å². The summed E-state index contributed by atoms with van der Waals surface area (Å²) in [5.41, 5.74) is 2.94. The standard InChI is InChI=1S/C31H35N5O2/c1-2-5-29(37)33-21-23-9-12-28(13-10-23)36-19-16-32-30(31(36)38)34-27-14-17-35(18-15-27)22-24-8-11-25-6-3-4-7-26(25)20-24/h3-4,6-13,16,19-20,27H,2,5,14-15,17-18,21-22H2,1H3,(H,32,34)(H,33,37). The van der Waals surface area contributed by atoms with Crippen LogP contribution in [0.4, 0.5) is 5.82 Å². The van der Waals surface area contributed by atoms with Gasteiger partial charge in [0.05, 0.1) is 0 Å². The number of carbonyl (C=O) groups is 1. The summed E-state index contributed by atoms with van der Waals surface area (Å²) in [6.07, 6.45) is 6.64. The van der Waals surface area contributed by atoms with Crippen molar-refractivity contribution >= 4 is 22.5 Å². The van der Waals surface area contributed by atoms with Crippen molar-refractivity contribution in [3.63, 3.8) is 0 Å². The fourth-order valence-corrected chi connectivity index (χ4v) is 5.03. The Kier molecular flexibility index (Phi) is 8.14. The third kappa shape index (κ3) is 6.29. The first kappa shape index (κ1) is 25.7. The molecule has 7 heteroatoms. The number of anilines is 1. The maximum Gasteiger partial charge on any atom is 0.297 e. The van der Waals surface area contributed by atoms with Crippen molar-refractivity contribution in [1.29, 1.82) is 0 Å². The number of amides is 1. The van der Waals surface area contributed by atoms with Gasteiger partial charge in [0.15, 0.2) is 5.82 Å². The molecule has 0 aliphatic carbocycles. The summed E-state index contributed by atoms with van der Waals surface area (Å²) in [5, 5.41) is 8.87. The average Bonchev–Trinajstić information content (AvgIpc) is 2.94. The number of nitrogens with zero attached hydrogens (tertiary/aromatic N) is 3. The summed E-state index contributed by atoms with van der Waals surface area (Å²) >= 11 is 0. The topological polar surface area (TPSA) is 79.3 Å². The van der Waals surface area contributed by atoms with E-state index in [0.29, 0.717) is 18.8 Å². The molecule has 0 bridgehead atoms. The molecule has 2 heterocycles. The molecule has 1 aromatic heterocycles. The Morgan fingerprint density at radius 3 is 2.47 bits per heavy atom. The smallest absolute Gasteiger partial charge is 0.297 e. The number of hydrogen-bond donors (Lipinski definition) is 2. The van der Waals surface area contributed by atoms with Crippen LogP contribution >= 0.6 is 0 Å². The highest BCUT2D eigenvalue weighted by Crippen LogP contribution is 2.20. The van der Waals surface area contributed by atoms with Crippen molar-refractivity contribution in [2.75, 3.05) is 18.4 Å². The predicted molar refractivity (Wildman–Crippen MR) is 152 cm³/mol. The van der Waals surface area contributed by atoms with Crippen LogP contribution in [0.5, 0.6) is 0 Å². The van der Waals surface area contributed by atoms with E-state index in [1.807, 2.05) is 31.2 Å². The molecule has 38 heavy (non-hydrogen) atoms. The van der Waals surface area contributed by atoms with Gasteiger partial charge in [0, 0.05) is 56.7 Å². The van der Waals surface area contributed by atoms with Gasteiger partial charge in [-0.05, 0) is 59.4 Å². The van der Waals surface area contributed by atoms with E-state index in [-0.39, 0.29) is 17.5 Å². The molecule has 0 atom stereocenters. The second kappa shape index (κ2) is 12.0. The minimum absolute atomic E-state index is 0.0529. The van der Waals surface area contributed by atoms with Crippen LogP contribution in [0.3, 0.4) is 0 Å². The molecule has 0 spiro atoms. The van der Waals surface area contributed by atoms with E-state index in [4.69, 9.17) is 0 Å². The second-order valence-corrected chi connectivity index (χ2v) is 10.0. The Bertz CT molecular complexity index is 1440. The molecular weight excluding hydrogens is 474 g/mol. The first-order chi connectivity index (χ1) is 18.6. The van der Waals surface area contributed by atoms with Gasteiger partial charge in [-0.2, -0.15) is 0 Å². The lowest BCUT2D eigenvalue weighted by molar-refractivity contribution is -0.121. The number of piperidine rings is 1. The second-order valence-electron chi connectivity index (χ2n) is 10.0. The average molecular weight is 510 g/mol. The summed E-state index contributed by atoms with van der Waals surface area (Å²) in [6.45, 7) is 5.35. The maximum atomic E-state index is 13.2. The summed E-state index contributed by atoms with van der Waals surface area (Å²) in [4.78, 5) is 31.7. The minimum Gasteiger partial charge on any atom is -0.363 e. The third-order valence-electron chi connectivity index (χ3n) is 7.17. The molecule has 1 aliphatic heterocycles. The molecule has 5 rings (SSSR count). The Labute approximate surface area is 223 Å². The molecule has 1 fully saturated rings. The Hall–Kier alpha value is -3.97. The normalized spacial score (nSPS) is 14.4. The van der Waals surface area contributed by atoms with Crippen LogP contribution in [-0.2, 0) is 17.9 Å². The highest BCUT2D eigenvalue weighted by atomic mass is 16.1. The number of nitrogens with one attached hydrogen (secondary N) is 2. The first-order valence-electron chi connectivity index (χ1n) is 13.5. The Morgan fingerprint density at radius 1 is 0.974 bits per heavy atom. The number of hydrogen-bond acceptors (Lipinski definition) is 5. The summed E-state index contributed by atoms with van der Waals surface area (Å²) < 4.78 is 1.61. The fourth-order valence-electron chi connectivity index (χ4n) is 5.03. The van der Waals surface area contributed by atoms with E-state index in [9.17, 15) is 9.59 Å². The minimum atomic E-state index is -0.157. The molecule has 7 nitrogen and oxygen atoms in total. The van der Waals surface area contributed by atoms with Crippen molar-refractivity contribution in [1.82, 2.24) is 19.8 Å². The summed E-state index contributed by atoms with van der Waals surface area (Å²) in [7, 11) is 0. The highest BCUT2D eigenvalue weighted by molar-refractivity contribution is 5.83. The van der Waals surface area contributed by atoms with Gasteiger partial charge in [-0.25, -0.2) is 4.98 Å². The van der Waals surface area contributed by atoms with E-state index in [0.717, 1.165) is 50.1 Å². The van der Waals surface area contributed by atoms with Crippen molar-refractivity contribution in [2.24, 2.45) is 0 Å². The van der Waals surface area contributed by atoms with E-state index in [1.165, 1.54) is 16.3 Å². The van der Waals surface area contributed by atoms with Gasteiger partial charge in [-0.3, -0.25) is 19.1 Å². The molecule has 3 aromatic carbocycles. The van der Waals surface area contributed by atoms with Crippen molar-refractivity contribution in [3.8, 4) is 5.69 Å². The molecular formula is C31H35N5O2. The van der Waals surface area contributed by atoms with Crippen LogP contribution in [0.15, 0.2) is 83.9 Å². The molecule has 0 saturated carbocycles. The van der Waals surface area contributed by atoms with E-state index >= 15 is 0 Å². The van der Waals surface area contributed by atoms with Gasteiger partial charge in [0.2, 0.25) is 5.91 Å². The zero-order valence-corrected chi connectivity index (χ0v) is 21.9. The zero-order chi connectivity index (χ0) is 26.3. The monoisotopic (exact) mass is 509 g/mol. The van der Waals surface area contributed by atoms with Crippen LogP contribution < -0.4 is 16.2 Å². The summed E-state index contributed by atoms with van der Waals surface area (Å²) in [6, 6.07) is 23.1. The van der Waals surface area contributed by atoms with Gasteiger partial charge in [-0.1, -0.05) is 55.5 Å². The number of aromatic nitrogens is 2. The van der Waals surface area contributed by atoms with Crippen molar-refractivity contribution in [3.05, 3.63) is 101 Å². The zero-order valence-electron chi connectivity index (χ0n) is 21.9. The van der Waals surface area contributed by atoms with Gasteiger partial charge in [0.25, 0.3) is 5.56 Å². The highest BCUT2D eigenvalue weighted by Gasteiger charge is 2.21. The lowest BCUT2D eigenvalue weighted by atomic mass is 10.0. The number of benzene rings is 3. The number of carbonyl (C=O) groups excluding carboxylic acids is 1. The van der Waals surface area contributed by atoms with Crippen molar-refractivity contribution < 1.29 is 4.79 Å². The van der Waals surface area contributed by atoms with Crippen LogP contribution in [-0.4, -0.2) is 39.5 Å². The Morgan fingerprint density at radius 2 is 1.71 bits per heavy atom. The third-order valence-corrected chi connectivity index (χ3v) is 7.17. The fraction of sp³-hybridized carbons (Fsp3) is 0.323. The molecule has 0 unspecified atom stereocenters. The molecule has 1 amide bonds. The SMILES string of the molecule is CCCC(=O)NCc1ccc(-n2ccnc(NC3CCN(Cc4ccc5ccccc5c4)CC3)c2=O)cc1. The van der Waals surface area contributed by atoms with E-state index < -0.39 is 0 Å². The molecule has 0 radical (unpaired) electrons. The number of rotatable bonds is 9. The molecule has 2 N–H and O–H groups in total. The lowest BCUT2D eigenvalue weighted by Gasteiger charge is -2.32. The van der Waals surface area contributed by atoms with Gasteiger partial charge in [-0.15, -0.1) is 0 Å². The van der Waals surface area contributed by atoms with Gasteiger partial charge in [0.1, 0.15) is 0 Å². The molecule has 1 aliphatic rings. The Balaban J connectivity index is 1.17. The molecule has 4 aromatic rings. The quantitative estimate of drug-likeness (QED) is 0.336. The number of fused-ring (bicyclic) bond motifs is 1. The van der Waals surface area contributed by atoms with E-state index in [1.54, 1.807) is 17.0 Å².